The van der Waals surface area contributed by atoms with Gasteiger partial charge >= 0.3 is 0 Å². The molecule has 0 fully saturated rings. The summed E-state index contributed by atoms with van der Waals surface area (Å²) < 4.78 is 5.19. The average molecular weight is 268 g/mol. The summed E-state index contributed by atoms with van der Waals surface area (Å²) in [5.41, 5.74) is 1.14. The topological polar surface area (TPSA) is 38.7 Å². The summed E-state index contributed by atoms with van der Waals surface area (Å²) in [5.74, 6) is 0. The molecule has 0 bridgehead atoms. The second kappa shape index (κ2) is 5.38. The van der Waals surface area contributed by atoms with Gasteiger partial charge in [-0.15, -0.1) is 0 Å². The Morgan fingerprint density at radius 2 is 2.24 bits per heavy atom. The third-order valence-corrected chi connectivity index (χ3v) is 3.19. The largest absolute Gasteiger partial charge is 0.473 e. The van der Waals surface area contributed by atoms with Gasteiger partial charge in [0.15, 0.2) is 0 Å². The van der Waals surface area contributed by atoms with Crippen molar-refractivity contribution in [2.75, 3.05) is 6.61 Å². The molecule has 0 aromatic heterocycles. The third kappa shape index (κ3) is 2.90. The van der Waals surface area contributed by atoms with Crippen molar-refractivity contribution in [3.05, 3.63) is 40.5 Å². The number of hydrogen-bond donors (Lipinski definition) is 0. The zero-order valence-electron chi connectivity index (χ0n) is 9.14. The third-order valence-electron chi connectivity index (χ3n) is 2.07. The van der Waals surface area contributed by atoms with Gasteiger partial charge in [-0.2, -0.15) is 0 Å². The van der Waals surface area contributed by atoms with Crippen LogP contribution in [0.4, 0.5) is 0 Å². The van der Waals surface area contributed by atoms with Gasteiger partial charge in [-0.25, -0.2) is 4.99 Å². The minimum atomic E-state index is -0.117. The van der Waals surface area contributed by atoms with E-state index in [0.717, 1.165) is 17.3 Å². The Hall–Kier alpha value is -1.26. The molecule has 0 amide bonds. The molecule has 0 radical (unpaired) electrons. The van der Waals surface area contributed by atoms with Gasteiger partial charge in [-0.1, -0.05) is 29.8 Å². The van der Waals surface area contributed by atoms with Crippen molar-refractivity contribution in [2.24, 2.45) is 4.99 Å². The van der Waals surface area contributed by atoms with E-state index in [1.807, 2.05) is 25.1 Å². The first-order valence-corrected chi connectivity index (χ1v) is 6.30. The van der Waals surface area contributed by atoms with Crippen LogP contribution >= 0.6 is 23.4 Å². The van der Waals surface area contributed by atoms with Crippen LogP contribution < -0.4 is 0 Å². The highest BCUT2D eigenvalue weighted by Crippen LogP contribution is 2.27. The SMILES string of the molecule is CCOC1=NC(=Cc2ccccc2Cl)C(=O)S1. The second-order valence-electron chi connectivity index (χ2n) is 3.25. The van der Waals surface area contributed by atoms with Gasteiger partial charge in [0.05, 0.1) is 6.61 Å². The van der Waals surface area contributed by atoms with E-state index >= 15 is 0 Å². The number of carbonyl (C=O) groups excluding carboxylic acids is 1. The maximum Gasteiger partial charge on any atom is 0.259 e. The first kappa shape index (κ1) is 12.2. The highest BCUT2D eigenvalue weighted by molar-refractivity contribution is 8.26. The molecule has 1 aliphatic rings. The predicted molar refractivity (Wildman–Crippen MR) is 71.1 cm³/mol. The predicted octanol–water partition coefficient (Wildman–Crippen LogP) is 3.35. The molecule has 1 aliphatic heterocycles. The van der Waals surface area contributed by atoms with Crippen LogP contribution in [0, 0.1) is 0 Å². The van der Waals surface area contributed by atoms with E-state index in [1.54, 1.807) is 12.1 Å². The molecule has 1 heterocycles. The van der Waals surface area contributed by atoms with E-state index in [2.05, 4.69) is 4.99 Å². The van der Waals surface area contributed by atoms with Crippen molar-refractivity contribution in [3.63, 3.8) is 0 Å². The lowest BCUT2D eigenvalue weighted by atomic mass is 10.2. The molecule has 2 rings (SSSR count). The van der Waals surface area contributed by atoms with E-state index in [9.17, 15) is 4.79 Å². The summed E-state index contributed by atoms with van der Waals surface area (Å²) in [6.07, 6.45) is 1.67. The van der Waals surface area contributed by atoms with Crippen molar-refractivity contribution < 1.29 is 9.53 Å². The van der Waals surface area contributed by atoms with Gasteiger partial charge in [-0.3, -0.25) is 4.79 Å². The summed E-state index contributed by atoms with van der Waals surface area (Å²) in [7, 11) is 0. The number of nitrogens with zero attached hydrogens (tertiary/aromatic N) is 1. The number of rotatable bonds is 2. The summed E-state index contributed by atoms with van der Waals surface area (Å²) in [6.45, 7) is 2.35. The minimum Gasteiger partial charge on any atom is -0.473 e. The van der Waals surface area contributed by atoms with Crippen LogP contribution in [0.3, 0.4) is 0 Å². The van der Waals surface area contributed by atoms with Gasteiger partial charge in [-0.05, 0) is 24.6 Å². The minimum absolute atomic E-state index is 0.117. The van der Waals surface area contributed by atoms with E-state index < -0.39 is 0 Å². The maximum absolute atomic E-state index is 11.6. The van der Waals surface area contributed by atoms with Crippen molar-refractivity contribution in [1.29, 1.82) is 0 Å². The molecule has 0 saturated carbocycles. The molecule has 1 aromatic carbocycles. The van der Waals surface area contributed by atoms with Gasteiger partial charge in [0.2, 0.25) is 5.12 Å². The number of benzene rings is 1. The molecule has 5 heteroatoms. The number of carbonyl (C=O) groups is 1. The molecular weight excluding hydrogens is 258 g/mol. The molecule has 0 N–H and O–H groups in total. The van der Waals surface area contributed by atoms with Crippen molar-refractivity contribution >= 4 is 39.8 Å². The Balaban J connectivity index is 2.28. The fraction of sp³-hybridized carbons (Fsp3) is 0.167. The van der Waals surface area contributed by atoms with Crippen LogP contribution in [0.5, 0.6) is 0 Å². The Morgan fingerprint density at radius 1 is 1.47 bits per heavy atom. The molecule has 17 heavy (non-hydrogen) atoms. The van der Waals surface area contributed by atoms with Gasteiger partial charge < -0.3 is 4.74 Å². The molecule has 88 valence electrons. The van der Waals surface area contributed by atoms with Crippen molar-refractivity contribution in [1.82, 2.24) is 0 Å². The summed E-state index contributed by atoms with van der Waals surface area (Å²) in [4.78, 5) is 15.7. The fourth-order valence-corrected chi connectivity index (χ4v) is 2.19. The van der Waals surface area contributed by atoms with Crippen LogP contribution in [0.2, 0.25) is 5.02 Å². The van der Waals surface area contributed by atoms with Gasteiger partial charge in [0, 0.05) is 16.8 Å². The molecule has 1 aromatic rings. The van der Waals surface area contributed by atoms with E-state index in [0.29, 0.717) is 22.6 Å². The van der Waals surface area contributed by atoms with Crippen molar-refractivity contribution in [2.45, 2.75) is 6.92 Å². The molecule has 3 nitrogen and oxygen atoms in total. The first-order valence-electron chi connectivity index (χ1n) is 5.10. The van der Waals surface area contributed by atoms with E-state index in [-0.39, 0.29) is 5.12 Å². The summed E-state index contributed by atoms with van der Waals surface area (Å²) in [5, 5.41) is 0.877. The van der Waals surface area contributed by atoms with Crippen LogP contribution in [0.15, 0.2) is 35.0 Å². The Labute approximate surface area is 109 Å². The lowest BCUT2D eigenvalue weighted by Crippen LogP contribution is -1.95. The van der Waals surface area contributed by atoms with Crippen LogP contribution in [0.1, 0.15) is 12.5 Å². The van der Waals surface area contributed by atoms with Crippen LogP contribution in [-0.4, -0.2) is 17.0 Å². The number of hydrogen-bond acceptors (Lipinski definition) is 4. The monoisotopic (exact) mass is 267 g/mol. The number of aliphatic imine (C=N–C) groups is 1. The lowest BCUT2D eigenvalue weighted by Gasteiger charge is -1.96. The molecule has 0 unspecified atom stereocenters. The smallest absolute Gasteiger partial charge is 0.259 e. The number of ether oxygens (including phenoxy) is 1. The van der Waals surface area contributed by atoms with Crippen molar-refractivity contribution in [3.8, 4) is 0 Å². The number of halogens is 1. The van der Waals surface area contributed by atoms with Crippen LogP contribution in [0.25, 0.3) is 6.08 Å². The molecule has 0 saturated heterocycles. The van der Waals surface area contributed by atoms with Gasteiger partial charge in [0.1, 0.15) is 5.70 Å². The molecule has 0 atom stereocenters. The molecule has 0 spiro atoms. The zero-order valence-corrected chi connectivity index (χ0v) is 10.7. The quantitative estimate of drug-likeness (QED) is 0.772. The molecular formula is C12H10ClNO2S. The highest BCUT2D eigenvalue weighted by Gasteiger charge is 2.23. The number of thioether (sulfide) groups is 1. The van der Waals surface area contributed by atoms with Gasteiger partial charge in [0.25, 0.3) is 5.23 Å². The van der Waals surface area contributed by atoms with Crippen LogP contribution in [-0.2, 0) is 9.53 Å². The standard InChI is InChI=1S/C12H10ClNO2S/c1-2-16-12-14-10(11(15)17-12)7-8-5-3-4-6-9(8)13/h3-7H,2H2,1H3. The van der Waals surface area contributed by atoms with E-state index in [1.165, 1.54) is 0 Å². The fourth-order valence-electron chi connectivity index (χ4n) is 1.31. The highest BCUT2D eigenvalue weighted by atomic mass is 35.5. The Morgan fingerprint density at radius 3 is 2.94 bits per heavy atom. The average Bonchev–Trinajstić information content (AvgIpc) is 2.63. The maximum atomic E-state index is 11.6. The summed E-state index contributed by atoms with van der Waals surface area (Å²) in [6, 6.07) is 7.30. The summed E-state index contributed by atoms with van der Waals surface area (Å²) >= 11 is 7.01. The Bertz CT molecular complexity index is 511. The Kier molecular flexibility index (Phi) is 3.86. The molecule has 0 aliphatic carbocycles. The lowest BCUT2D eigenvalue weighted by molar-refractivity contribution is -0.107. The normalized spacial score (nSPS) is 17.4. The zero-order chi connectivity index (χ0) is 12.3. The first-order chi connectivity index (χ1) is 8.20. The second-order valence-corrected chi connectivity index (χ2v) is 4.58. The van der Waals surface area contributed by atoms with E-state index in [4.69, 9.17) is 16.3 Å².